The van der Waals surface area contributed by atoms with Crippen LogP contribution in [0.15, 0.2) is 43.0 Å². The standard InChI is InChI=1S/C17H19N3O/c18-11-15-5-3-14(4-6-15)10-16-2-1-7-17(16,21)12-20-9-8-19-13-20/h3-6,8-9,13,16,21H,1-2,7,10,12H2. The van der Waals surface area contributed by atoms with Crippen molar-refractivity contribution in [1.29, 1.82) is 5.26 Å². The lowest BCUT2D eigenvalue weighted by molar-refractivity contribution is -0.0134. The van der Waals surface area contributed by atoms with Gasteiger partial charge < -0.3 is 9.67 Å². The maximum atomic E-state index is 11.0. The largest absolute Gasteiger partial charge is 0.388 e. The van der Waals surface area contributed by atoms with Crippen molar-refractivity contribution < 1.29 is 5.11 Å². The van der Waals surface area contributed by atoms with Gasteiger partial charge in [0.05, 0.1) is 30.1 Å². The SMILES string of the molecule is N#Cc1ccc(CC2CCCC2(O)Cn2ccnc2)cc1. The number of aliphatic hydroxyl groups is 1. The van der Waals surface area contributed by atoms with Gasteiger partial charge in [-0.3, -0.25) is 0 Å². The lowest BCUT2D eigenvalue weighted by atomic mass is 9.85. The molecule has 4 heteroatoms. The van der Waals surface area contributed by atoms with Crippen LogP contribution >= 0.6 is 0 Å². The van der Waals surface area contributed by atoms with E-state index in [1.165, 1.54) is 5.56 Å². The average molecular weight is 281 g/mol. The fraction of sp³-hybridized carbons (Fsp3) is 0.412. The summed E-state index contributed by atoms with van der Waals surface area (Å²) in [4.78, 5) is 4.04. The van der Waals surface area contributed by atoms with Crippen LogP contribution in [-0.4, -0.2) is 20.3 Å². The molecule has 1 saturated carbocycles. The molecule has 0 spiro atoms. The normalized spacial score (nSPS) is 24.9. The van der Waals surface area contributed by atoms with Gasteiger partial charge in [-0.1, -0.05) is 18.6 Å². The molecule has 1 aromatic heterocycles. The summed E-state index contributed by atoms with van der Waals surface area (Å²) < 4.78 is 1.96. The van der Waals surface area contributed by atoms with Gasteiger partial charge in [0.25, 0.3) is 0 Å². The van der Waals surface area contributed by atoms with Crippen molar-refractivity contribution in [3.8, 4) is 6.07 Å². The predicted molar refractivity (Wildman–Crippen MR) is 79.4 cm³/mol. The fourth-order valence-electron chi connectivity index (χ4n) is 3.32. The number of imidazole rings is 1. The molecule has 1 aliphatic rings. The first-order valence-corrected chi connectivity index (χ1v) is 7.37. The molecular formula is C17H19N3O. The molecule has 3 rings (SSSR count). The van der Waals surface area contributed by atoms with E-state index in [4.69, 9.17) is 5.26 Å². The Balaban J connectivity index is 1.72. The minimum Gasteiger partial charge on any atom is -0.388 e. The first-order valence-electron chi connectivity index (χ1n) is 7.37. The van der Waals surface area contributed by atoms with Gasteiger partial charge in [0.15, 0.2) is 0 Å². The van der Waals surface area contributed by atoms with E-state index in [-0.39, 0.29) is 5.92 Å². The van der Waals surface area contributed by atoms with Crippen molar-refractivity contribution in [2.75, 3.05) is 0 Å². The molecule has 0 saturated heterocycles. The van der Waals surface area contributed by atoms with Crippen LogP contribution in [0, 0.1) is 17.2 Å². The van der Waals surface area contributed by atoms with E-state index in [1.54, 1.807) is 12.5 Å². The van der Waals surface area contributed by atoms with Crippen LogP contribution in [0.2, 0.25) is 0 Å². The van der Waals surface area contributed by atoms with E-state index >= 15 is 0 Å². The number of nitriles is 1. The van der Waals surface area contributed by atoms with Crippen LogP contribution in [0.1, 0.15) is 30.4 Å². The number of hydrogen-bond donors (Lipinski definition) is 1. The third-order valence-electron chi connectivity index (χ3n) is 4.50. The summed E-state index contributed by atoms with van der Waals surface area (Å²) in [5.41, 5.74) is 1.21. The van der Waals surface area contributed by atoms with Crippen LogP contribution < -0.4 is 0 Å². The number of benzene rings is 1. The maximum absolute atomic E-state index is 11.0. The van der Waals surface area contributed by atoms with Gasteiger partial charge in [-0.05, 0) is 42.9 Å². The Morgan fingerprint density at radius 2 is 2.19 bits per heavy atom. The summed E-state index contributed by atoms with van der Waals surface area (Å²) in [7, 11) is 0. The molecule has 2 atom stereocenters. The molecule has 1 N–H and O–H groups in total. The Bertz CT molecular complexity index is 627. The van der Waals surface area contributed by atoms with E-state index in [2.05, 4.69) is 11.1 Å². The molecule has 4 nitrogen and oxygen atoms in total. The molecule has 1 fully saturated rings. The highest BCUT2D eigenvalue weighted by Crippen LogP contribution is 2.39. The summed E-state index contributed by atoms with van der Waals surface area (Å²) in [5.74, 6) is 0.257. The molecule has 0 radical (unpaired) electrons. The summed E-state index contributed by atoms with van der Waals surface area (Å²) in [6.07, 6.45) is 9.21. The Morgan fingerprint density at radius 1 is 1.38 bits per heavy atom. The zero-order valence-electron chi connectivity index (χ0n) is 11.9. The lowest BCUT2D eigenvalue weighted by Gasteiger charge is -2.30. The van der Waals surface area contributed by atoms with Crippen molar-refractivity contribution in [3.63, 3.8) is 0 Å². The van der Waals surface area contributed by atoms with Crippen molar-refractivity contribution >= 4 is 0 Å². The Labute approximate surface area is 124 Å². The quantitative estimate of drug-likeness (QED) is 0.936. The van der Waals surface area contributed by atoms with Gasteiger partial charge >= 0.3 is 0 Å². The molecule has 1 aromatic carbocycles. The number of aromatic nitrogens is 2. The minimum atomic E-state index is -0.658. The monoisotopic (exact) mass is 281 g/mol. The summed E-state index contributed by atoms with van der Waals surface area (Å²) in [6.45, 7) is 0.605. The molecular weight excluding hydrogens is 262 g/mol. The number of nitrogens with zero attached hydrogens (tertiary/aromatic N) is 3. The number of hydrogen-bond acceptors (Lipinski definition) is 3. The first-order chi connectivity index (χ1) is 10.2. The fourth-order valence-corrected chi connectivity index (χ4v) is 3.32. The second-order valence-electron chi connectivity index (χ2n) is 5.94. The van der Waals surface area contributed by atoms with Gasteiger partial charge in [-0.25, -0.2) is 4.98 Å². The Kier molecular flexibility index (Phi) is 3.76. The van der Waals surface area contributed by atoms with E-state index in [1.807, 2.05) is 35.0 Å². The highest BCUT2D eigenvalue weighted by Gasteiger charge is 2.41. The van der Waals surface area contributed by atoms with E-state index in [9.17, 15) is 5.11 Å². The average Bonchev–Trinajstić information content (AvgIpc) is 3.11. The topological polar surface area (TPSA) is 61.8 Å². The van der Waals surface area contributed by atoms with Crippen LogP contribution in [0.5, 0.6) is 0 Å². The molecule has 21 heavy (non-hydrogen) atoms. The first kappa shape index (κ1) is 13.8. The van der Waals surface area contributed by atoms with Crippen molar-refractivity contribution in [2.24, 2.45) is 5.92 Å². The van der Waals surface area contributed by atoms with Crippen molar-refractivity contribution in [1.82, 2.24) is 9.55 Å². The zero-order chi connectivity index (χ0) is 14.7. The summed E-state index contributed by atoms with van der Waals surface area (Å²) in [6, 6.07) is 9.82. The van der Waals surface area contributed by atoms with Crippen LogP contribution in [-0.2, 0) is 13.0 Å². The molecule has 2 unspecified atom stereocenters. The maximum Gasteiger partial charge on any atom is 0.0991 e. The number of rotatable bonds is 4. The third kappa shape index (κ3) is 2.98. The van der Waals surface area contributed by atoms with Gasteiger partial charge in [0.1, 0.15) is 0 Å². The molecule has 1 heterocycles. The Hall–Kier alpha value is -2.12. The lowest BCUT2D eigenvalue weighted by Crippen LogP contribution is -2.38. The van der Waals surface area contributed by atoms with E-state index < -0.39 is 5.60 Å². The highest BCUT2D eigenvalue weighted by atomic mass is 16.3. The van der Waals surface area contributed by atoms with E-state index in [0.29, 0.717) is 12.1 Å². The minimum absolute atomic E-state index is 0.257. The van der Waals surface area contributed by atoms with E-state index in [0.717, 1.165) is 25.7 Å². The molecule has 0 aliphatic heterocycles. The van der Waals surface area contributed by atoms with Crippen LogP contribution in [0.3, 0.4) is 0 Å². The molecule has 108 valence electrons. The Morgan fingerprint density at radius 3 is 2.86 bits per heavy atom. The second kappa shape index (κ2) is 5.71. The summed E-state index contributed by atoms with van der Waals surface area (Å²) >= 11 is 0. The molecule has 1 aliphatic carbocycles. The second-order valence-corrected chi connectivity index (χ2v) is 5.94. The molecule has 0 bridgehead atoms. The zero-order valence-corrected chi connectivity index (χ0v) is 11.9. The van der Waals surface area contributed by atoms with Crippen molar-refractivity contribution in [3.05, 3.63) is 54.1 Å². The van der Waals surface area contributed by atoms with Gasteiger partial charge in [0.2, 0.25) is 0 Å². The summed E-state index contributed by atoms with van der Waals surface area (Å²) in [5, 5.41) is 19.8. The smallest absolute Gasteiger partial charge is 0.0991 e. The molecule has 0 amide bonds. The van der Waals surface area contributed by atoms with Gasteiger partial charge in [-0.2, -0.15) is 5.26 Å². The van der Waals surface area contributed by atoms with Crippen LogP contribution in [0.4, 0.5) is 0 Å². The third-order valence-corrected chi connectivity index (χ3v) is 4.50. The predicted octanol–water partition coefficient (Wildman–Crippen LogP) is 2.53. The van der Waals surface area contributed by atoms with Crippen molar-refractivity contribution in [2.45, 2.75) is 37.8 Å². The highest BCUT2D eigenvalue weighted by molar-refractivity contribution is 5.32. The molecule has 2 aromatic rings. The van der Waals surface area contributed by atoms with Crippen LogP contribution in [0.25, 0.3) is 0 Å². The van der Waals surface area contributed by atoms with Gasteiger partial charge in [0, 0.05) is 12.4 Å². The van der Waals surface area contributed by atoms with Gasteiger partial charge in [-0.15, -0.1) is 0 Å².